The summed E-state index contributed by atoms with van der Waals surface area (Å²) in [5, 5.41) is 4.06. The maximum atomic E-state index is 12.0. The third-order valence-electron chi connectivity index (χ3n) is 3.96. The van der Waals surface area contributed by atoms with Gasteiger partial charge in [-0.1, -0.05) is 0 Å². The fraction of sp³-hybridized carbons (Fsp3) is 0.250. The van der Waals surface area contributed by atoms with Crippen LogP contribution in [0.4, 0.5) is 0 Å². The standard InChI is InChI=1S/C16H15N3O2/c20-16-12(15(18-19-16)14-6-3-7-21-14)9-11-8-10-4-1-2-5-13(10)17-11/h3,6-9,17H,1-2,4-5H2,(H,19,20)/b12-9+. The van der Waals surface area contributed by atoms with Gasteiger partial charge in [-0.15, -0.1) is 0 Å². The van der Waals surface area contributed by atoms with Gasteiger partial charge >= 0.3 is 0 Å². The van der Waals surface area contributed by atoms with E-state index in [0.717, 1.165) is 18.5 Å². The number of rotatable bonds is 2. The number of nitrogens with zero attached hydrogens (tertiary/aromatic N) is 1. The van der Waals surface area contributed by atoms with Crippen molar-refractivity contribution in [1.29, 1.82) is 0 Å². The lowest BCUT2D eigenvalue weighted by molar-refractivity contribution is -0.116. The van der Waals surface area contributed by atoms with Crippen LogP contribution in [0, 0.1) is 0 Å². The molecule has 0 aromatic carbocycles. The molecule has 0 saturated carbocycles. The predicted octanol–water partition coefficient (Wildman–Crippen LogP) is 2.40. The zero-order valence-corrected chi connectivity index (χ0v) is 11.5. The Balaban J connectivity index is 1.72. The first-order valence-corrected chi connectivity index (χ1v) is 7.16. The first-order chi connectivity index (χ1) is 10.3. The average Bonchev–Trinajstić information content (AvgIpc) is 3.19. The minimum absolute atomic E-state index is 0.200. The summed E-state index contributed by atoms with van der Waals surface area (Å²) in [7, 11) is 0. The maximum Gasteiger partial charge on any atom is 0.273 e. The van der Waals surface area contributed by atoms with Crippen LogP contribution >= 0.6 is 0 Å². The van der Waals surface area contributed by atoms with Crippen molar-refractivity contribution in [3.8, 4) is 0 Å². The molecule has 2 N–H and O–H groups in total. The first kappa shape index (κ1) is 12.2. The average molecular weight is 281 g/mol. The van der Waals surface area contributed by atoms with Crippen molar-refractivity contribution in [2.45, 2.75) is 25.7 Å². The van der Waals surface area contributed by atoms with E-state index in [1.54, 1.807) is 18.4 Å². The normalized spacial score (nSPS) is 19.5. The number of hydrogen-bond acceptors (Lipinski definition) is 3. The molecule has 0 atom stereocenters. The molecule has 1 aliphatic carbocycles. The molecule has 0 fully saturated rings. The molecule has 2 aromatic heterocycles. The van der Waals surface area contributed by atoms with Crippen molar-refractivity contribution in [3.63, 3.8) is 0 Å². The van der Waals surface area contributed by atoms with E-state index >= 15 is 0 Å². The molecule has 106 valence electrons. The van der Waals surface area contributed by atoms with Gasteiger partial charge < -0.3 is 9.40 Å². The summed E-state index contributed by atoms with van der Waals surface area (Å²) in [5.74, 6) is 0.393. The van der Waals surface area contributed by atoms with Crippen molar-refractivity contribution in [3.05, 3.63) is 52.7 Å². The Morgan fingerprint density at radius 1 is 1.29 bits per heavy atom. The van der Waals surface area contributed by atoms with Crippen LogP contribution in [-0.2, 0) is 17.6 Å². The Labute approximate surface area is 121 Å². The second kappa shape index (κ2) is 4.77. The second-order valence-electron chi connectivity index (χ2n) is 5.37. The van der Waals surface area contributed by atoms with E-state index in [2.05, 4.69) is 21.6 Å². The Hall–Kier alpha value is -2.56. The number of amides is 1. The number of fused-ring (bicyclic) bond motifs is 1. The van der Waals surface area contributed by atoms with Crippen molar-refractivity contribution in [1.82, 2.24) is 10.4 Å². The molecule has 5 heteroatoms. The van der Waals surface area contributed by atoms with Crippen molar-refractivity contribution < 1.29 is 9.21 Å². The van der Waals surface area contributed by atoms with Gasteiger partial charge in [-0.2, -0.15) is 5.10 Å². The molecule has 5 nitrogen and oxygen atoms in total. The molecule has 1 aliphatic heterocycles. The molecular formula is C16H15N3O2. The van der Waals surface area contributed by atoms with Crippen LogP contribution in [0.25, 0.3) is 6.08 Å². The van der Waals surface area contributed by atoms with Gasteiger partial charge in [-0.25, -0.2) is 5.43 Å². The Kier molecular flexibility index (Phi) is 2.77. The van der Waals surface area contributed by atoms with Crippen molar-refractivity contribution >= 4 is 17.7 Å². The number of aromatic amines is 1. The number of furan rings is 1. The second-order valence-corrected chi connectivity index (χ2v) is 5.37. The monoisotopic (exact) mass is 281 g/mol. The van der Waals surface area contributed by atoms with Gasteiger partial charge in [-0.05, 0) is 55.5 Å². The van der Waals surface area contributed by atoms with E-state index in [9.17, 15) is 4.79 Å². The summed E-state index contributed by atoms with van der Waals surface area (Å²) in [6.45, 7) is 0. The number of carbonyl (C=O) groups is 1. The molecule has 21 heavy (non-hydrogen) atoms. The van der Waals surface area contributed by atoms with Gasteiger partial charge in [-0.3, -0.25) is 4.79 Å². The molecule has 0 bridgehead atoms. The Morgan fingerprint density at radius 3 is 3.00 bits per heavy atom. The van der Waals surface area contributed by atoms with Gasteiger partial charge in [0.15, 0.2) is 5.76 Å². The zero-order valence-electron chi connectivity index (χ0n) is 11.5. The molecule has 0 saturated heterocycles. The maximum absolute atomic E-state index is 12.0. The highest BCUT2D eigenvalue weighted by molar-refractivity contribution is 6.32. The largest absolute Gasteiger partial charge is 0.463 e. The molecule has 0 unspecified atom stereocenters. The van der Waals surface area contributed by atoms with Crippen LogP contribution in [0.1, 0.15) is 35.6 Å². The van der Waals surface area contributed by atoms with E-state index in [1.807, 2.05) is 6.08 Å². The van der Waals surface area contributed by atoms with Gasteiger partial charge in [0.25, 0.3) is 5.91 Å². The number of hydrazone groups is 1. The lowest BCUT2D eigenvalue weighted by Crippen LogP contribution is -2.13. The smallest absolute Gasteiger partial charge is 0.273 e. The highest BCUT2D eigenvalue weighted by Gasteiger charge is 2.26. The Bertz CT molecular complexity index is 727. The van der Waals surface area contributed by atoms with Gasteiger partial charge in [0.1, 0.15) is 5.71 Å². The summed E-state index contributed by atoms with van der Waals surface area (Å²) in [6, 6.07) is 5.71. The lowest BCUT2D eigenvalue weighted by atomic mass is 9.98. The third kappa shape index (κ3) is 2.11. The SMILES string of the molecule is O=C1NN=C(c2ccco2)/C1=C\c1cc2c([nH]1)CCCC2. The zero-order chi connectivity index (χ0) is 14.2. The molecule has 4 rings (SSSR count). The minimum Gasteiger partial charge on any atom is -0.463 e. The third-order valence-corrected chi connectivity index (χ3v) is 3.96. The highest BCUT2D eigenvalue weighted by Crippen LogP contribution is 2.24. The molecular weight excluding hydrogens is 266 g/mol. The number of H-pyrrole nitrogens is 1. The molecule has 3 heterocycles. The summed E-state index contributed by atoms with van der Waals surface area (Å²) >= 11 is 0. The predicted molar refractivity (Wildman–Crippen MR) is 78.8 cm³/mol. The summed E-state index contributed by atoms with van der Waals surface area (Å²) in [5.41, 5.74) is 7.19. The molecule has 0 radical (unpaired) electrons. The van der Waals surface area contributed by atoms with Crippen molar-refractivity contribution in [2.24, 2.45) is 5.10 Å². The van der Waals surface area contributed by atoms with Crippen LogP contribution in [-0.4, -0.2) is 16.6 Å². The van der Waals surface area contributed by atoms with Crippen LogP contribution < -0.4 is 5.43 Å². The molecule has 1 amide bonds. The van der Waals surface area contributed by atoms with Gasteiger partial charge in [0.05, 0.1) is 11.8 Å². The van der Waals surface area contributed by atoms with Gasteiger partial charge in [0, 0.05) is 11.4 Å². The summed E-state index contributed by atoms with van der Waals surface area (Å²) < 4.78 is 5.34. The minimum atomic E-state index is -0.200. The van der Waals surface area contributed by atoms with Crippen molar-refractivity contribution in [2.75, 3.05) is 0 Å². The van der Waals surface area contributed by atoms with E-state index in [1.165, 1.54) is 24.1 Å². The summed E-state index contributed by atoms with van der Waals surface area (Å²) in [4.78, 5) is 15.4. The van der Waals surface area contributed by atoms with Crippen LogP contribution in [0.3, 0.4) is 0 Å². The first-order valence-electron chi connectivity index (χ1n) is 7.16. The number of hydrogen-bond donors (Lipinski definition) is 2. The molecule has 2 aromatic rings. The highest BCUT2D eigenvalue weighted by atomic mass is 16.3. The van der Waals surface area contributed by atoms with Crippen LogP contribution in [0.15, 0.2) is 39.6 Å². The van der Waals surface area contributed by atoms with E-state index in [4.69, 9.17) is 4.42 Å². The van der Waals surface area contributed by atoms with Crippen LogP contribution in [0.2, 0.25) is 0 Å². The molecule has 0 spiro atoms. The number of nitrogens with one attached hydrogen (secondary N) is 2. The van der Waals surface area contributed by atoms with Gasteiger partial charge in [0.2, 0.25) is 0 Å². The van der Waals surface area contributed by atoms with Crippen LogP contribution in [0.5, 0.6) is 0 Å². The lowest BCUT2D eigenvalue weighted by Gasteiger charge is -2.08. The number of aromatic nitrogens is 1. The fourth-order valence-electron chi connectivity index (χ4n) is 2.93. The topological polar surface area (TPSA) is 70.4 Å². The summed E-state index contributed by atoms with van der Waals surface area (Å²) in [6.07, 6.45) is 8.08. The number of carbonyl (C=O) groups excluding carboxylic acids is 1. The number of aryl methyl sites for hydroxylation is 2. The van der Waals surface area contributed by atoms with E-state index in [0.29, 0.717) is 17.0 Å². The van der Waals surface area contributed by atoms with E-state index in [-0.39, 0.29) is 5.91 Å². The quantitative estimate of drug-likeness (QED) is 0.830. The molecule has 2 aliphatic rings. The fourth-order valence-corrected chi connectivity index (χ4v) is 2.93. The Morgan fingerprint density at radius 2 is 2.19 bits per heavy atom. The van der Waals surface area contributed by atoms with E-state index < -0.39 is 0 Å².